The van der Waals surface area contributed by atoms with Gasteiger partial charge in [0.1, 0.15) is 0 Å². The zero-order valence-corrected chi connectivity index (χ0v) is 17.7. The highest BCUT2D eigenvalue weighted by atomic mass is 32.2. The second-order valence-corrected chi connectivity index (χ2v) is 8.00. The third-order valence-electron chi connectivity index (χ3n) is 4.81. The minimum atomic E-state index is -1.06. The van der Waals surface area contributed by atoms with Crippen molar-refractivity contribution in [3.63, 3.8) is 0 Å². The number of halogens is 2. The summed E-state index contributed by atoms with van der Waals surface area (Å²) in [5, 5.41) is 5.65. The molecule has 1 atom stereocenters. The van der Waals surface area contributed by atoms with Crippen molar-refractivity contribution in [2.45, 2.75) is 44.5 Å². The Morgan fingerprint density at radius 1 is 1.27 bits per heavy atom. The van der Waals surface area contributed by atoms with Crippen LogP contribution in [0.3, 0.4) is 0 Å². The summed E-state index contributed by atoms with van der Waals surface area (Å²) in [6.45, 7) is 5.11. The van der Waals surface area contributed by atoms with E-state index in [2.05, 4.69) is 20.2 Å². The Balaban J connectivity index is 1.48. The minimum absolute atomic E-state index is 0.0971. The first kappa shape index (κ1) is 22.2. The van der Waals surface area contributed by atoms with Gasteiger partial charge in [-0.15, -0.1) is 0 Å². The largest absolute Gasteiger partial charge is 0.376 e. The second-order valence-electron chi connectivity index (χ2n) is 7.05. The number of carbonyl (C=O) groups excluding carboxylic acids is 2. The molecule has 1 fully saturated rings. The van der Waals surface area contributed by atoms with E-state index in [1.165, 1.54) is 17.8 Å². The first-order valence-electron chi connectivity index (χ1n) is 9.63. The fraction of sp³-hybridized carbons (Fsp3) is 0.450. The molecule has 1 aromatic heterocycles. The van der Waals surface area contributed by atoms with Crippen molar-refractivity contribution in [3.8, 4) is 0 Å². The van der Waals surface area contributed by atoms with Gasteiger partial charge < -0.3 is 19.9 Å². The van der Waals surface area contributed by atoms with Crippen LogP contribution < -0.4 is 10.6 Å². The first-order valence-corrected chi connectivity index (χ1v) is 10.6. The van der Waals surface area contributed by atoms with Crippen molar-refractivity contribution in [2.75, 3.05) is 24.2 Å². The van der Waals surface area contributed by atoms with E-state index in [-0.39, 0.29) is 30.0 Å². The highest BCUT2D eigenvalue weighted by Gasteiger charge is 2.21. The number of imidazole rings is 1. The van der Waals surface area contributed by atoms with Crippen LogP contribution >= 0.6 is 11.8 Å². The van der Waals surface area contributed by atoms with Gasteiger partial charge in [0.15, 0.2) is 16.8 Å². The molecule has 2 amide bonds. The summed E-state index contributed by atoms with van der Waals surface area (Å²) in [6, 6.07) is 3.04. The van der Waals surface area contributed by atoms with E-state index in [9.17, 15) is 18.4 Å². The van der Waals surface area contributed by atoms with Crippen molar-refractivity contribution >= 4 is 29.3 Å². The number of amides is 2. The molecule has 1 aliphatic heterocycles. The monoisotopic (exact) mass is 438 g/mol. The molecule has 1 aromatic carbocycles. The van der Waals surface area contributed by atoms with E-state index in [0.29, 0.717) is 6.54 Å². The number of rotatable bonds is 8. The van der Waals surface area contributed by atoms with E-state index < -0.39 is 17.5 Å². The number of thioether (sulfide) groups is 1. The number of anilines is 1. The van der Waals surface area contributed by atoms with Crippen LogP contribution in [-0.2, 0) is 20.9 Å². The molecule has 30 heavy (non-hydrogen) atoms. The van der Waals surface area contributed by atoms with Crippen molar-refractivity contribution < 1.29 is 23.1 Å². The number of ether oxygens (including phenoxy) is 1. The van der Waals surface area contributed by atoms with Crippen LogP contribution in [0.15, 0.2) is 23.4 Å². The number of nitrogens with zero attached hydrogens (tertiary/aromatic N) is 2. The summed E-state index contributed by atoms with van der Waals surface area (Å²) in [6.07, 6.45) is 2.22. The zero-order chi connectivity index (χ0) is 21.7. The Morgan fingerprint density at radius 3 is 2.77 bits per heavy atom. The van der Waals surface area contributed by atoms with Gasteiger partial charge in [-0.1, -0.05) is 11.8 Å². The van der Waals surface area contributed by atoms with Crippen LogP contribution in [0.1, 0.15) is 24.2 Å². The molecule has 7 nitrogen and oxygen atoms in total. The Labute approximate surface area is 177 Å². The van der Waals surface area contributed by atoms with Crippen molar-refractivity contribution in [2.24, 2.45) is 0 Å². The molecule has 2 N–H and O–H groups in total. The van der Waals surface area contributed by atoms with E-state index in [4.69, 9.17) is 4.74 Å². The van der Waals surface area contributed by atoms with Gasteiger partial charge in [-0.2, -0.15) is 0 Å². The number of hydrogen-bond acceptors (Lipinski definition) is 5. The van der Waals surface area contributed by atoms with Gasteiger partial charge >= 0.3 is 0 Å². The first-order chi connectivity index (χ1) is 14.3. The van der Waals surface area contributed by atoms with Crippen molar-refractivity contribution in [3.05, 3.63) is 41.2 Å². The van der Waals surface area contributed by atoms with Crippen molar-refractivity contribution in [1.29, 1.82) is 0 Å². The molecule has 0 spiro atoms. The van der Waals surface area contributed by atoms with E-state index in [0.717, 1.165) is 48.1 Å². The fourth-order valence-electron chi connectivity index (χ4n) is 3.08. The lowest BCUT2D eigenvalue weighted by Crippen LogP contribution is -2.34. The molecule has 162 valence electrons. The van der Waals surface area contributed by atoms with Gasteiger partial charge in [-0.25, -0.2) is 13.8 Å². The Morgan fingerprint density at radius 2 is 2.07 bits per heavy atom. The predicted octanol–water partition coefficient (Wildman–Crippen LogP) is 2.80. The number of aromatic nitrogens is 2. The highest BCUT2D eigenvalue weighted by molar-refractivity contribution is 7.99. The minimum Gasteiger partial charge on any atom is -0.376 e. The molecule has 1 saturated heterocycles. The maximum atomic E-state index is 13.2. The van der Waals surface area contributed by atoms with Crippen LogP contribution in [0.25, 0.3) is 0 Å². The SMILES string of the molecule is Cc1nc(SCC(=O)NCC(=O)Nc2ccc(F)c(F)c2)n(C[C@H]2CCCO2)c1C. The summed E-state index contributed by atoms with van der Waals surface area (Å²) in [4.78, 5) is 28.6. The molecule has 0 radical (unpaired) electrons. The Bertz CT molecular complexity index is 929. The lowest BCUT2D eigenvalue weighted by molar-refractivity contribution is -0.122. The Hall–Kier alpha value is -2.46. The summed E-state index contributed by atoms with van der Waals surface area (Å²) >= 11 is 1.29. The zero-order valence-electron chi connectivity index (χ0n) is 16.8. The molecule has 0 aliphatic carbocycles. The lowest BCUT2D eigenvalue weighted by atomic mass is 10.2. The average Bonchev–Trinajstić information content (AvgIpc) is 3.31. The van der Waals surface area contributed by atoms with Gasteiger partial charge in [0.2, 0.25) is 11.8 Å². The van der Waals surface area contributed by atoms with Gasteiger partial charge in [-0.05, 0) is 38.8 Å². The number of carbonyl (C=O) groups is 2. The molecule has 0 unspecified atom stereocenters. The summed E-state index contributed by atoms with van der Waals surface area (Å²) in [5.74, 6) is -2.83. The molecular weight excluding hydrogens is 414 g/mol. The fourth-order valence-corrected chi connectivity index (χ4v) is 4.01. The second kappa shape index (κ2) is 10.0. The molecule has 0 saturated carbocycles. The standard InChI is InChI=1S/C20H24F2N4O3S/c1-12-13(2)26(10-15-4-3-7-29-15)20(24-12)30-11-19(28)23-9-18(27)25-14-5-6-16(21)17(22)8-14/h5-6,8,15H,3-4,7,9-11H2,1-2H3,(H,23,28)(H,25,27)/t15-/m1/s1. The maximum absolute atomic E-state index is 13.2. The van der Waals surface area contributed by atoms with Gasteiger partial charge in [-0.3, -0.25) is 9.59 Å². The molecule has 3 rings (SSSR count). The van der Waals surface area contributed by atoms with Crippen molar-refractivity contribution in [1.82, 2.24) is 14.9 Å². The average molecular weight is 439 g/mol. The van der Waals surface area contributed by atoms with E-state index >= 15 is 0 Å². The molecular formula is C20H24F2N4O3S. The van der Waals surface area contributed by atoms with Gasteiger partial charge in [0.25, 0.3) is 0 Å². The van der Waals surface area contributed by atoms with Gasteiger partial charge in [0, 0.05) is 24.1 Å². The topological polar surface area (TPSA) is 85.3 Å². The normalized spacial score (nSPS) is 15.9. The van der Waals surface area contributed by atoms with Crippen LogP contribution in [0.2, 0.25) is 0 Å². The molecule has 10 heteroatoms. The third kappa shape index (κ3) is 5.79. The summed E-state index contributed by atoms with van der Waals surface area (Å²) in [5.41, 5.74) is 2.06. The molecule has 2 heterocycles. The maximum Gasteiger partial charge on any atom is 0.243 e. The number of nitrogens with one attached hydrogen (secondary N) is 2. The third-order valence-corrected chi connectivity index (χ3v) is 5.79. The number of hydrogen-bond donors (Lipinski definition) is 2. The Kier molecular flexibility index (Phi) is 7.43. The van der Waals surface area contributed by atoms with Crippen LogP contribution in [0, 0.1) is 25.5 Å². The summed E-state index contributed by atoms with van der Waals surface area (Å²) in [7, 11) is 0. The van der Waals surface area contributed by atoms with E-state index in [1.54, 1.807) is 0 Å². The molecule has 0 bridgehead atoms. The summed E-state index contributed by atoms with van der Waals surface area (Å²) < 4.78 is 33.9. The smallest absolute Gasteiger partial charge is 0.243 e. The van der Waals surface area contributed by atoms with Gasteiger partial charge in [0.05, 0.1) is 30.6 Å². The van der Waals surface area contributed by atoms with Crippen LogP contribution in [0.4, 0.5) is 14.5 Å². The highest BCUT2D eigenvalue weighted by Crippen LogP contribution is 2.24. The van der Waals surface area contributed by atoms with Crippen LogP contribution in [0.5, 0.6) is 0 Å². The predicted molar refractivity (Wildman–Crippen MR) is 109 cm³/mol. The lowest BCUT2D eigenvalue weighted by Gasteiger charge is -2.14. The molecule has 1 aliphatic rings. The number of benzene rings is 1. The van der Waals surface area contributed by atoms with Crippen LogP contribution in [-0.4, -0.2) is 46.4 Å². The number of aryl methyl sites for hydroxylation is 1. The molecule has 2 aromatic rings. The quantitative estimate of drug-likeness (QED) is 0.619. The van der Waals surface area contributed by atoms with E-state index in [1.807, 2.05) is 13.8 Å².